The highest BCUT2D eigenvalue weighted by molar-refractivity contribution is 7.89. The molecule has 8 heteroatoms. The maximum Gasteiger partial charge on any atom is 0.248 e. The van der Waals surface area contributed by atoms with Crippen LogP contribution in [0.4, 0.5) is 5.69 Å². The van der Waals surface area contributed by atoms with Crippen LogP contribution in [-0.4, -0.2) is 45.9 Å². The van der Waals surface area contributed by atoms with Crippen LogP contribution < -0.4 is 14.8 Å². The Morgan fingerprint density at radius 2 is 1.72 bits per heavy atom. The second kappa shape index (κ2) is 9.58. The van der Waals surface area contributed by atoms with Gasteiger partial charge in [-0.05, 0) is 61.9 Å². The van der Waals surface area contributed by atoms with Crippen molar-refractivity contribution in [3.05, 3.63) is 54.1 Å². The Kier molecular flexibility index (Phi) is 7.41. The predicted octanol–water partition coefficient (Wildman–Crippen LogP) is 3.38. The van der Waals surface area contributed by atoms with Gasteiger partial charge in [-0.15, -0.1) is 0 Å². The van der Waals surface area contributed by atoms with Crippen LogP contribution in [0.5, 0.6) is 11.5 Å². The van der Waals surface area contributed by atoms with Crippen molar-refractivity contribution in [2.24, 2.45) is 0 Å². The van der Waals surface area contributed by atoms with Gasteiger partial charge < -0.3 is 14.8 Å². The molecular formula is C21H26N2O5S. The van der Waals surface area contributed by atoms with Crippen molar-refractivity contribution in [3.63, 3.8) is 0 Å². The summed E-state index contributed by atoms with van der Waals surface area (Å²) < 4.78 is 36.3. The third-order valence-electron chi connectivity index (χ3n) is 3.88. The highest BCUT2D eigenvalue weighted by Gasteiger charge is 2.16. The van der Waals surface area contributed by atoms with E-state index >= 15 is 0 Å². The molecule has 0 heterocycles. The number of methoxy groups -OCH3 is 1. The number of anilines is 1. The van der Waals surface area contributed by atoms with E-state index in [0.717, 1.165) is 9.87 Å². The highest BCUT2D eigenvalue weighted by Crippen LogP contribution is 2.29. The number of ether oxygens (including phenoxy) is 2. The minimum atomic E-state index is -3.50. The summed E-state index contributed by atoms with van der Waals surface area (Å²) >= 11 is 0. The van der Waals surface area contributed by atoms with E-state index in [1.165, 1.54) is 32.3 Å². The van der Waals surface area contributed by atoms with Crippen molar-refractivity contribution in [1.82, 2.24) is 4.31 Å². The van der Waals surface area contributed by atoms with Gasteiger partial charge in [0.1, 0.15) is 0 Å². The minimum absolute atomic E-state index is 0.0233. The monoisotopic (exact) mass is 418 g/mol. The third kappa shape index (κ3) is 6.07. The van der Waals surface area contributed by atoms with E-state index in [0.29, 0.717) is 17.2 Å². The molecule has 0 saturated carbocycles. The molecule has 0 unspecified atom stereocenters. The average Bonchev–Trinajstić information content (AvgIpc) is 2.67. The Bertz CT molecular complexity index is 981. The molecular weight excluding hydrogens is 392 g/mol. The average molecular weight is 419 g/mol. The number of carbonyl (C=O) groups excluding carboxylic acids is 1. The maximum atomic E-state index is 12.2. The Hall–Kier alpha value is -2.84. The fourth-order valence-corrected chi connectivity index (χ4v) is 3.32. The molecule has 0 fully saturated rings. The first-order valence-corrected chi connectivity index (χ1v) is 10.4. The van der Waals surface area contributed by atoms with Crippen LogP contribution in [0.3, 0.4) is 0 Å². The summed E-state index contributed by atoms with van der Waals surface area (Å²) in [5.74, 6) is 0.880. The van der Waals surface area contributed by atoms with Gasteiger partial charge in [-0.2, -0.15) is 0 Å². The van der Waals surface area contributed by atoms with Gasteiger partial charge in [0, 0.05) is 25.9 Å². The Morgan fingerprint density at radius 1 is 1.07 bits per heavy atom. The molecule has 0 spiro atoms. The number of nitrogens with zero attached hydrogens (tertiary/aromatic N) is 1. The molecule has 2 aromatic carbocycles. The van der Waals surface area contributed by atoms with E-state index < -0.39 is 10.0 Å². The standard InChI is InChI=1S/C21H26N2O5S/c1-15(2)28-19-12-6-16(14-20(19)27-5)7-13-21(24)22-17-8-10-18(11-9-17)29(25,26)23(3)4/h6-15H,1-5H3,(H,22,24)/b13-7+. The van der Waals surface area contributed by atoms with Gasteiger partial charge in [-0.25, -0.2) is 12.7 Å². The van der Waals surface area contributed by atoms with Gasteiger partial charge in [0.25, 0.3) is 0 Å². The third-order valence-corrected chi connectivity index (χ3v) is 5.71. The van der Waals surface area contributed by atoms with Crippen LogP contribution in [0.2, 0.25) is 0 Å². The number of benzene rings is 2. The molecule has 0 atom stereocenters. The Balaban J connectivity index is 2.06. The second-order valence-electron chi connectivity index (χ2n) is 6.71. The lowest BCUT2D eigenvalue weighted by atomic mass is 10.2. The van der Waals surface area contributed by atoms with Crippen molar-refractivity contribution in [2.75, 3.05) is 26.5 Å². The lowest BCUT2D eigenvalue weighted by Gasteiger charge is -2.13. The molecule has 0 aromatic heterocycles. The summed E-state index contributed by atoms with van der Waals surface area (Å²) in [7, 11) is 0.986. The molecule has 1 amide bonds. The number of rotatable bonds is 8. The van der Waals surface area contributed by atoms with E-state index in [1.807, 2.05) is 19.9 Å². The van der Waals surface area contributed by atoms with Gasteiger partial charge in [0.2, 0.25) is 15.9 Å². The summed E-state index contributed by atoms with van der Waals surface area (Å²) in [5, 5.41) is 2.70. The van der Waals surface area contributed by atoms with Crippen LogP contribution in [-0.2, 0) is 14.8 Å². The van der Waals surface area contributed by atoms with Gasteiger partial charge in [0.15, 0.2) is 11.5 Å². The number of amides is 1. The first kappa shape index (κ1) is 22.4. The molecule has 0 bridgehead atoms. The fourth-order valence-electron chi connectivity index (χ4n) is 2.42. The van der Waals surface area contributed by atoms with E-state index in [2.05, 4.69) is 5.32 Å². The maximum absolute atomic E-state index is 12.2. The molecule has 0 aliphatic carbocycles. The lowest BCUT2D eigenvalue weighted by molar-refractivity contribution is -0.111. The van der Waals surface area contributed by atoms with Gasteiger partial charge in [0.05, 0.1) is 18.1 Å². The summed E-state index contributed by atoms with van der Waals surface area (Å²) in [6, 6.07) is 11.4. The van der Waals surface area contributed by atoms with Crippen molar-refractivity contribution >= 4 is 27.7 Å². The molecule has 0 radical (unpaired) electrons. The smallest absolute Gasteiger partial charge is 0.248 e. The number of hydrogen-bond donors (Lipinski definition) is 1. The van der Waals surface area contributed by atoms with Crippen LogP contribution >= 0.6 is 0 Å². The first-order chi connectivity index (χ1) is 13.6. The number of nitrogens with one attached hydrogen (secondary N) is 1. The van der Waals surface area contributed by atoms with E-state index in [-0.39, 0.29) is 16.9 Å². The number of hydrogen-bond acceptors (Lipinski definition) is 5. The molecule has 7 nitrogen and oxygen atoms in total. The molecule has 156 valence electrons. The molecule has 0 aliphatic rings. The van der Waals surface area contributed by atoms with E-state index in [9.17, 15) is 13.2 Å². The molecule has 0 saturated heterocycles. The highest BCUT2D eigenvalue weighted by atomic mass is 32.2. The molecule has 29 heavy (non-hydrogen) atoms. The van der Waals surface area contributed by atoms with E-state index in [4.69, 9.17) is 9.47 Å². The van der Waals surface area contributed by atoms with Gasteiger partial charge >= 0.3 is 0 Å². The zero-order chi connectivity index (χ0) is 21.6. The summed E-state index contributed by atoms with van der Waals surface area (Å²) in [4.78, 5) is 12.3. The van der Waals surface area contributed by atoms with Crippen LogP contribution in [0.15, 0.2) is 53.4 Å². The molecule has 2 rings (SSSR count). The normalized spacial score (nSPS) is 11.8. The Morgan fingerprint density at radius 3 is 2.28 bits per heavy atom. The SMILES string of the molecule is COc1cc(/C=C/C(=O)Nc2ccc(S(=O)(=O)N(C)C)cc2)ccc1OC(C)C. The van der Waals surface area contributed by atoms with Gasteiger partial charge in [-0.3, -0.25) is 4.79 Å². The summed E-state index contributed by atoms with van der Waals surface area (Å²) in [6.07, 6.45) is 3.07. The quantitative estimate of drug-likeness (QED) is 0.665. The van der Waals surface area contributed by atoms with Crippen LogP contribution in [0.25, 0.3) is 6.08 Å². The zero-order valence-electron chi connectivity index (χ0n) is 17.2. The summed E-state index contributed by atoms with van der Waals surface area (Å²) in [6.45, 7) is 3.86. The predicted molar refractivity (Wildman–Crippen MR) is 114 cm³/mol. The lowest BCUT2D eigenvalue weighted by Crippen LogP contribution is -2.22. The largest absolute Gasteiger partial charge is 0.493 e. The topological polar surface area (TPSA) is 84.9 Å². The molecule has 2 aromatic rings. The van der Waals surface area contributed by atoms with Crippen molar-refractivity contribution in [2.45, 2.75) is 24.8 Å². The summed E-state index contributed by atoms with van der Waals surface area (Å²) in [5.41, 5.74) is 1.27. The number of sulfonamides is 1. The second-order valence-corrected chi connectivity index (χ2v) is 8.86. The first-order valence-electron chi connectivity index (χ1n) is 9.00. The minimum Gasteiger partial charge on any atom is -0.493 e. The molecule has 1 N–H and O–H groups in total. The van der Waals surface area contributed by atoms with Crippen LogP contribution in [0.1, 0.15) is 19.4 Å². The fraction of sp³-hybridized carbons (Fsp3) is 0.286. The van der Waals surface area contributed by atoms with E-state index in [1.54, 1.807) is 37.5 Å². The van der Waals surface area contributed by atoms with Crippen molar-refractivity contribution < 1.29 is 22.7 Å². The van der Waals surface area contributed by atoms with Crippen molar-refractivity contribution in [1.29, 1.82) is 0 Å². The van der Waals surface area contributed by atoms with Crippen molar-refractivity contribution in [3.8, 4) is 11.5 Å². The Labute approximate surface area is 172 Å². The zero-order valence-corrected chi connectivity index (χ0v) is 18.0. The molecule has 0 aliphatic heterocycles. The van der Waals surface area contributed by atoms with Gasteiger partial charge in [-0.1, -0.05) is 6.07 Å². The number of carbonyl (C=O) groups is 1. The van der Waals surface area contributed by atoms with Crippen LogP contribution in [0, 0.1) is 0 Å².